The molecule has 1 atom stereocenters. The predicted octanol–water partition coefficient (Wildman–Crippen LogP) is 0.871. The molecule has 6 nitrogen and oxygen atoms in total. The first-order chi connectivity index (χ1) is 8.60. The van der Waals surface area contributed by atoms with Gasteiger partial charge in [0.2, 0.25) is 0 Å². The number of carbonyl (C=O) groups is 2. The second-order valence-electron chi connectivity index (χ2n) is 4.33. The zero-order valence-electron chi connectivity index (χ0n) is 11.1. The Morgan fingerprint density at radius 2 is 2.17 bits per heavy atom. The summed E-state index contributed by atoms with van der Waals surface area (Å²) >= 11 is 0. The number of carbonyl (C=O) groups excluding carboxylic acids is 1. The highest BCUT2D eigenvalue weighted by atomic mass is 16.5. The fourth-order valence-electron chi connectivity index (χ4n) is 2.04. The van der Waals surface area contributed by atoms with E-state index >= 15 is 0 Å². The maximum atomic E-state index is 12.1. The molecule has 1 aliphatic heterocycles. The lowest BCUT2D eigenvalue weighted by atomic mass is 10.1. The number of nitrogens with zero attached hydrogens (tertiary/aromatic N) is 2. The van der Waals surface area contributed by atoms with Gasteiger partial charge in [-0.15, -0.1) is 0 Å². The van der Waals surface area contributed by atoms with Crippen LogP contribution in [0.5, 0.6) is 0 Å². The maximum Gasteiger partial charge on any atom is 0.320 e. The standard InChI is InChI=1S/C12H22N2O4/c1-3-13(7-8-18-4-2)12(17)14-6-5-10(9-14)11(15)16/h10H,3-9H2,1-2H3,(H,15,16). The molecule has 1 aliphatic rings. The number of likely N-dealkylation sites (tertiary alicyclic amines) is 1. The third-order valence-corrected chi connectivity index (χ3v) is 3.17. The Morgan fingerprint density at radius 1 is 1.44 bits per heavy atom. The van der Waals surface area contributed by atoms with Gasteiger partial charge in [0.1, 0.15) is 0 Å². The van der Waals surface area contributed by atoms with Crippen molar-refractivity contribution in [3.05, 3.63) is 0 Å². The molecule has 1 fully saturated rings. The Hall–Kier alpha value is -1.30. The van der Waals surface area contributed by atoms with Crippen LogP contribution < -0.4 is 0 Å². The van der Waals surface area contributed by atoms with Gasteiger partial charge in [-0.2, -0.15) is 0 Å². The van der Waals surface area contributed by atoms with Gasteiger partial charge in [-0.25, -0.2) is 4.79 Å². The fraction of sp³-hybridized carbons (Fsp3) is 0.833. The first-order valence-corrected chi connectivity index (χ1v) is 6.44. The van der Waals surface area contributed by atoms with E-state index in [9.17, 15) is 9.59 Å². The van der Waals surface area contributed by atoms with Crippen LogP contribution >= 0.6 is 0 Å². The lowest BCUT2D eigenvalue weighted by molar-refractivity contribution is -0.141. The van der Waals surface area contributed by atoms with Crippen LogP contribution in [0.1, 0.15) is 20.3 Å². The molecule has 6 heteroatoms. The number of ether oxygens (including phenoxy) is 1. The van der Waals surface area contributed by atoms with Gasteiger partial charge in [-0.1, -0.05) is 0 Å². The third-order valence-electron chi connectivity index (χ3n) is 3.17. The molecule has 0 bridgehead atoms. The minimum Gasteiger partial charge on any atom is -0.481 e. The van der Waals surface area contributed by atoms with Gasteiger partial charge < -0.3 is 19.6 Å². The third kappa shape index (κ3) is 3.87. The summed E-state index contributed by atoms with van der Waals surface area (Å²) in [5.41, 5.74) is 0. The van der Waals surface area contributed by atoms with Crippen molar-refractivity contribution in [2.24, 2.45) is 5.92 Å². The highest BCUT2D eigenvalue weighted by molar-refractivity contribution is 5.77. The second kappa shape index (κ2) is 7.20. The number of urea groups is 1. The highest BCUT2D eigenvalue weighted by Gasteiger charge is 2.32. The second-order valence-corrected chi connectivity index (χ2v) is 4.33. The molecule has 0 radical (unpaired) electrons. The van der Waals surface area contributed by atoms with Crippen molar-refractivity contribution in [3.8, 4) is 0 Å². The monoisotopic (exact) mass is 258 g/mol. The number of hydrogen-bond donors (Lipinski definition) is 1. The fourth-order valence-corrected chi connectivity index (χ4v) is 2.04. The van der Waals surface area contributed by atoms with Crippen molar-refractivity contribution in [1.29, 1.82) is 0 Å². The summed E-state index contributed by atoms with van der Waals surface area (Å²) in [6.45, 7) is 6.99. The van der Waals surface area contributed by atoms with E-state index in [4.69, 9.17) is 9.84 Å². The van der Waals surface area contributed by atoms with Crippen molar-refractivity contribution in [2.45, 2.75) is 20.3 Å². The Morgan fingerprint density at radius 3 is 2.67 bits per heavy atom. The molecule has 0 spiro atoms. The van der Waals surface area contributed by atoms with Gasteiger partial charge in [-0.05, 0) is 20.3 Å². The number of rotatable bonds is 6. The number of aliphatic carboxylic acids is 1. The van der Waals surface area contributed by atoms with Crippen molar-refractivity contribution in [2.75, 3.05) is 39.4 Å². The van der Waals surface area contributed by atoms with Gasteiger partial charge in [0, 0.05) is 32.8 Å². The van der Waals surface area contributed by atoms with E-state index < -0.39 is 11.9 Å². The van der Waals surface area contributed by atoms with Crippen molar-refractivity contribution in [3.63, 3.8) is 0 Å². The number of carboxylic acids is 1. The number of likely N-dealkylation sites (N-methyl/N-ethyl adjacent to an activating group) is 1. The van der Waals surface area contributed by atoms with E-state index in [0.29, 0.717) is 45.8 Å². The summed E-state index contributed by atoms with van der Waals surface area (Å²) in [5, 5.41) is 8.91. The van der Waals surface area contributed by atoms with Gasteiger partial charge >= 0.3 is 12.0 Å². The normalized spacial score (nSPS) is 19.0. The molecule has 1 rings (SSSR count). The van der Waals surface area contributed by atoms with Crippen molar-refractivity contribution < 1.29 is 19.4 Å². The van der Waals surface area contributed by atoms with Crippen LogP contribution in [0.15, 0.2) is 0 Å². The van der Waals surface area contributed by atoms with E-state index in [1.165, 1.54) is 0 Å². The first-order valence-electron chi connectivity index (χ1n) is 6.44. The summed E-state index contributed by atoms with van der Waals surface area (Å²) in [4.78, 5) is 26.3. The summed E-state index contributed by atoms with van der Waals surface area (Å²) < 4.78 is 5.23. The first kappa shape index (κ1) is 14.8. The Balaban J connectivity index is 2.44. The molecular weight excluding hydrogens is 236 g/mol. The minimum absolute atomic E-state index is 0.0825. The molecule has 18 heavy (non-hydrogen) atoms. The SMILES string of the molecule is CCOCCN(CC)C(=O)N1CCC(C(=O)O)C1. The van der Waals surface area contributed by atoms with Gasteiger partial charge in [-0.3, -0.25) is 4.79 Å². The quantitative estimate of drug-likeness (QED) is 0.718. The molecule has 0 aromatic heterocycles. The van der Waals surface area contributed by atoms with Gasteiger partial charge in [0.05, 0.1) is 12.5 Å². The molecule has 0 aliphatic carbocycles. The Kier molecular flexibility index (Phi) is 5.91. The average Bonchev–Trinajstić information content (AvgIpc) is 2.83. The number of amides is 2. The van der Waals surface area contributed by atoms with Crippen molar-refractivity contribution in [1.82, 2.24) is 9.80 Å². The van der Waals surface area contributed by atoms with E-state index in [-0.39, 0.29) is 6.03 Å². The largest absolute Gasteiger partial charge is 0.481 e. The molecule has 0 aromatic carbocycles. The lowest BCUT2D eigenvalue weighted by Crippen LogP contribution is -2.43. The van der Waals surface area contributed by atoms with E-state index in [1.54, 1.807) is 9.80 Å². The molecule has 2 amide bonds. The number of carboxylic acid groups (broad SMARTS) is 1. The summed E-state index contributed by atoms with van der Waals surface area (Å²) in [6, 6.07) is -0.0825. The maximum absolute atomic E-state index is 12.1. The molecular formula is C12H22N2O4. The van der Waals surface area contributed by atoms with Crippen LogP contribution in [-0.2, 0) is 9.53 Å². The molecule has 1 saturated heterocycles. The van der Waals surface area contributed by atoms with Crippen LogP contribution in [0.4, 0.5) is 4.79 Å². The van der Waals surface area contributed by atoms with Crippen LogP contribution in [0.3, 0.4) is 0 Å². The van der Waals surface area contributed by atoms with Crippen molar-refractivity contribution >= 4 is 12.0 Å². The van der Waals surface area contributed by atoms with Crippen LogP contribution in [0.2, 0.25) is 0 Å². The molecule has 1 heterocycles. The lowest BCUT2D eigenvalue weighted by Gasteiger charge is -2.26. The van der Waals surface area contributed by atoms with Crippen LogP contribution in [0.25, 0.3) is 0 Å². The van der Waals surface area contributed by atoms with E-state index in [0.717, 1.165) is 0 Å². The molecule has 104 valence electrons. The minimum atomic E-state index is -0.817. The van der Waals surface area contributed by atoms with E-state index in [2.05, 4.69) is 0 Å². The summed E-state index contributed by atoms with van der Waals surface area (Å²) in [7, 11) is 0. The smallest absolute Gasteiger partial charge is 0.320 e. The van der Waals surface area contributed by atoms with Gasteiger partial charge in [0.15, 0.2) is 0 Å². The van der Waals surface area contributed by atoms with Gasteiger partial charge in [0.25, 0.3) is 0 Å². The highest BCUT2D eigenvalue weighted by Crippen LogP contribution is 2.17. The van der Waals surface area contributed by atoms with E-state index in [1.807, 2.05) is 13.8 Å². The predicted molar refractivity (Wildman–Crippen MR) is 66.5 cm³/mol. The topological polar surface area (TPSA) is 70.1 Å². The zero-order chi connectivity index (χ0) is 13.5. The Labute approximate surface area is 107 Å². The average molecular weight is 258 g/mol. The Bertz CT molecular complexity index is 296. The molecule has 1 N–H and O–H groups in total. The number of hydrogen-bond acceptors (Lipinski definition) is 3. The zero-order valence-corrected chi connectivity index (χ0v) is 11.1. The molecule has 0 saturated carbocycles. The van der Waals surface area contributed by atoms with Crippen LogP contribution in [0, 0.1) is 5.92 Å². The summed E-state index contributed by atoms with van der Waals surface area (Å²) in [6.07, 6.45) is 0.546. The molecule has 0 aromatic rings. The van der Waals surface area contributed by atoms with Crippen LogP contribution in [-0.4, -0.2) is 66.3 Å². The summed E-state index contributed by atoms with van der Waals surface area (Å²) in [5.74, 6) is -1.23. The molecule has 1 unspecified atom stereocenters.